The smallest absolute Gasteiger partial charge is 0.119 e. The van der Waals surface area contributed by atoms with Gasteiger partial charge in [-0.2, -0.15) is 0 Å². The molecule has 3 atom stereocenters. The van der Waals surface area contributed by atoms with Gasteiger partial charge in [-0.1, -0.05) is 87.4 Å². The maximum Gasteiger partial charge on any atom is 0.119 e. The van der Waals surface area contributed by atoms with Gasteiger partial charge >= 0.3 is 0 Å². The number of benzene rings is 2. The molecule has 0 bridgehead atoms. The number of rotatable bonds is 14. The summed E-state index contributed by atoms with van der Waals surface area (Å²) in [6.07, 6.45) is 13.1. The third-order valence-electron chi connectivity index (χ3n) is 6.79. The van der Waals surface area contributed by atoms with Gasteiger partial charge in [0.05, 0.1) is 9.71 Å². The molecule has 5 heteroatoms. The summed E-state index contributed by atoms with van der Waals surface area (Å²) in [4.78, 5) is 0. The number of hydrogen-bond acceptors (Lipinski definition) is 3. The monoisotopic (exact) mass is 542 g/mol. The van der Waals surface area contributed by atoms with Crippen LogP contribution in [0.1, 0.15) is 49.3 Å². The molecule has 3 unspecified atom stereocenters. The van der Waals surface area contributed by atoms with Gasteiger partial charge in [-0.15, -0.1) is 0 Å². The van der Waals surface area contributed by atoms with Gasteiger partial charge in [0.2, 0.25) is 0 Å². The van der Waals surface area contributed by atoms with Crippen molar-refractivity contribution in [3.8, 4) is 17.6 Å². The molecule has 0 amide bonds. The number of hydrogen-bond donors (Lipinski definition) is 1. The fourth-order valence-electron chi connectivity index (χ4n) is 4.42. The van der Waals surface area contributed by atoms with Crippen molar-refractivity contribution < 1.29 is 8.95 Å². The Balaban J connectivity index is 1.67. The number of aryl methyl sites for hydroxylation is 1. The lowest BCUT2D eigenvalue weighted by atomic mass is 9.88. The first-order valence-corrected chi connectivity index (χ1v) is 15.3. The standard InChI is InChI=1S/C34H42N2O2S/c1-6-9-10-29-11-13-30(14-12-29)15-16-31-17-19-32(20-18-31)26-36(39(5,37)28(4)35-8-3)27-33-21-23-34(24-22-33)38-25-7-2/h7-8,11-14,17,19,21-24,31-32,35H,2-6,9-10,18,20,25-27H2,1H3. The lowest BCUT2D eigenvalue weighted by Crippen LogP contribution is -2.37. The second kappa shape index (κ2) is 15.2. The molecule has 0 saturated heterocycles. The maximum absolute atomic E-state index is 13.8. The summed E-state index contributed by atoms with van der Waals surface area (Å²) >= 11 is 0. The molecule has 4 nitrogen and oxygen atoms in total. The van der Waals surface area contributed by atoms with Gasteiger partial charge in [0.15, 0.2) is 0 Å². The molecule has 0 fully saturated rings. The second-order valence-corrected chi connectivity index (χ2v) is 12.2. The zero-order valence-corrected chi connectivity index (χ0v) is 24.1. The van der Waals surface area contributed by atoms with Gasteiger partial charge in [-0.05, 0) is 79.1 Å². The Bertz CT molecular complexity index is 1300. The number of nitrogens with one attached hydrogen (secondary N) is 1. The van der Waals surface area contributed by atoms with Crippen LogP contribution in [0.4, 0.5) is 0 Å². The number of ether oxygens (including phenoxy) is 1. The van der Waals surface area contributed by atoms with Crippen LogP contribution < -0.4 is 10.1 Å². The summed E-state index contributed by atoms with van der Waals surface area (Å²) in [5.41, 5.74) is 3.45. The molecule has 39 heavy (non-hydrogen) atoms. The Labute approximate surface area is 236 Å². The van der Waals surface area contributed by atoms with Crippen LogP contribution >= 0.6 is 0 Å². The molecule has 3 rings (SSSR count). The van der Waals surface area contributed by atoms with Crippen molar-refractivity contribution in [2.24, 2.45) is 11.8 Å². The normalized spacial score (nSPS) is 17.9. The van der Waals surface area contributed by atoms with Gasteiger partial charge in [0, 0.05) is 24.6 Å². The Morgan fingerprint density at radius 1 is 1.10 bits per heavy atom. The minimum Gasteiger partial charge on any atom is -0.490 e. The molecule has 1 aliphatic carbocycles. The lowest BCUT2D eigenvalue weighted by Gasteiger charge is -2.31. The SMILES string of the molecule is C=CCOc1ccc(CN(CC2C=CC(C#Cc3ccc(CCCC)cc3)CC2)S(=C)(=O)C(=C)NC=C)cc1. The van der Waals surface area contributed by atoms with E-state index in [0.717, 1.165) is 36.1 Å². The first kappa shape index (κ1) is 30.1. The van der Waals surface area contributed by atoms with Gasteiger partial charge in [-0.25, -0.2) is 8.51 Å². The van der Waals surface area contributed by atoms with Crippen LogP contribution in [-0.4, -0.2) is 27.5 Å². The number of nitrogens with zero attached hydrogens (tertiary/aromatic N) is 1. The third kappa shape index (κ3) is 9.35. The van der Waals surface area contributed by atoms with E-state index < -0.39 is 9.71 Å². The molecular weight excluding hydrogens is 500 g/mol. The Morgan fingerprint density at radius 2 is 1.82 bits per heavy atom. The van der Waals surface area contributed by atoms with Crippen molar-refractivity contribution in [1.82, 2.24) is 9.62 Å². The molecule has 1 aliphatic rings. The highest BCUT2D eigenvalue weighted by Gasteiger charge is 2.24. The molecule has 0 heterocycles. The Hall–Kier alpha value is -3.46. The average molecular weight is 543 g/mol. The van der Waals surface area contributed by atoms with Crippen LogP contribution in [-0.2, 0) is 22.7 Å². The minimum absolute atomic E-state index is 0.221. The van der Waals surface area contributed by atoms with E-state index in [-0.39, 0.29) is 11.8 Å². The van der Waals surface area contributed by atoms with Gasteiger partial charge in [-0.3, -0.25) is 0 Å². The van der Waals surface area contributed by atoms with Crippen LogP contribution in [0.2, 0.25) is 0 Å². The van der Waals surface area contributed by atoms with E-state index in [4.69, 9.17) is 4.74 Å². The highest BCUT2D eigenvalue weighted by Crippen LogP contribution is 2.26. The second-order valence-electron chi connectivity index (χ2n) is 9.88. The third-order valence-corrected chi connectivity index (χ3v) is 8.79. The van der Waals surface area contributed by atoms with E-state index in [1.54, 1.807) is 6.08 Å². The van der Waals surface area contributed by atoms with Crippen LogP contribution in [0.3, 0.4) is 0 Å². The summed E-state index contributed by atoms with van der Waals surface area (Å²) in [5.74, 6) is 12.1. The molecule has 2 aromatic carbocycles. The predicted octanol–water partition coefficient (Wildman–Crippen LogP) is 6.87. The van der Waals surface area contributed by atoms with Crippen molar-refractivity contribution in [1.29, 1.82) is 0 Å². The highest BCUT2D eigenvalue weighted by atomic mass is 32.2. The van der Waals surface area contributed by atoms with Crippen molar-refractivity contribution in [3.63, 3.8) is 0 Å². The largest absolute Gasteiger partial charge is 0.490 e. The Morgan fingerprint density at radius 3 is 2.44 bits per heavy atom. The molecule has 0 spiro atoms. The summed E-state index contributed by atoms with van der Waals surface area (Å²) in [6, 6.07) is 16.4. The van der Waals surface area contributed by atoms with Crippen molar-refractivity contribution in [2.75, 3.05) is 13.2 Å². The number of allylic oxidation sites excluding steroid dienone is 1. The van der Waals surface area contributed by atoms with Crippen molar-refractivity contribution in [3.05, 3.63) is 114 Å². The van der Waals surface area contributed by atoms with E-state index in [1.165, 1.54) is 24.6 Å². The quantitative estimate of drug-likeness (QED) is 0.161. The maximum atomic E-state index is 13.8. The summed E-state index contributed by atoms with van der Waals surface area (Å²) < 4.78 is 21.3. The molecule has 2 aromatic rings. The van der Waals surface area contributed by atoms with E-state index >= 15 is 0 Å². The average Bonchev–Trinajstić information content (AvgIpc) is 2.95. The first-order valence-electron chi connectivity index (χ1n) is 13.7. The number of unbranched alkanes of at least 4 members (excludes halogenated alkanes) is 1. The predicted molar refractivity (Wildman–Crippen MR) is 168 cm³/mol. The molecule has 0 aliphatic heterocycles. The highest BCUT2D eigenvalue weighted by molar-refractivity contribution is 8.01. The summed E-state index contributed by atoms with van der Waals surface area (Å²) in [5, 5.41) is 3.25. The molecule has 0 saturated carbocycles. The van der Waals surface area contributed by atoms with Crippen LogP contribution in [0.5, 0.6) is 5.75 Å². The molecule has 0 aromatic heterocycles. The zero-order valence-electron chi connectivity index (χ0n) is 23.2. The van der Waals surface area contributed by atoms with Crippen molar-refractivity contribution in [2.45, 2.75) is 45.6 Å². The molecular formula is C34H42N2O2S. The van der Waals surface area contributed by atoms with Crippen LogP contribution in [0.25, 0.3) is 0 Å². The van der Waals surface area contributed by atoms with E-state index in [1.807, 2.05) is 28.6 Å². The molecule has 0 radical (unpaired) electrons. The summed E-state index contributed by atoms with van der Waals surface area (Å²) in [6.45, 7) is 15.1. The lowest BCUT2D eigenvalue weighted by molar-refractivity contribution is 0.357. The first-order chi connectivity index (χ1) is 18.8. The van der Waals surface area contributed by atoms with E-state index in [0.29, 0.717) is 24.7 Å². The molecule has 1 N–H and O–H groups in total. The zero-order chi connectivity index (χ0) is 28.1. The Kier molecular flexibility index (Phi) is 11.7. The van der Waals surface area contributed by atoms with E-state index in [2.05, 4.69) is 86.1 Å². The summed E-state index contributed by atoms with van der Waals surface area (Å²) in [7, 11) is -2.80. The van der Waals surface area contributed by atoms with E-state index in [9.17, 15) is 4.21 Å². The van der Waals surface area contributed by atoms with Crippen LogP contribution in [0, 0.1) is 23.7 Å². The fraction of sp³-hybridized carbons (Fsp3) is 0.324. The molecule has 206 valence electrons. The van der Waals surface area contributed by atoms with Gasteiger partial charge in [0.25, 0.3) is 0 Å². The fourth-order valence-corrected chi connectivity index (χ4v) is 5.79. The van der Waals surface area contributed by atoms with Crippen molar-refractivity contribution >= 4 is 15.6 Å². The van der Waals surface area contributed by atoms with Gasteiger partial charge in [0.1, 0.15) is 17.4 Å². The van der Waals surface area contributed by atoms with Gasteiger partial charge < -0.3 is 10.1 Å². The minimum atomic E-state index is -2.80. The topological polar surface area (TPSA) is 41.6 Å². The van der Waals surface area contributed by atoms with Crippen LogP contribution in [0.15, 0.2) is 97.7 Å².